The lowest BCUT2D eigenvalue weighted by molar-refractivity contribution is -0.111. The van der Waals surface area contributed by atoms with Gasteiger partial charge in [0, 0.05) is 6.54 Å². The highest BCUT2D eigenvalue weighted by atomic mass is 16.5. The molecule has 0 heterocycles. The van der Waals surface area contributed by atoms with Gasteiger partial charge in [0.1, 0.15) is 0 Å². The minimum Gasteiger partial charge on any atom is -0.370 e. The second-order valence-corrected chi connectivity index (χ2v) is 6.14. The van der Waals surface area contributed by atoms with Crippen molar-refractivity contribution in [3.63, 3.8) is 0 Å². The molecule has 0 bridgehead atoms. The van der Waals surface area contributed by atoms with Crippen LogP contribution in [-0.2, 0) is 4.74 Å². The number of hydrogen-bond donors (Lipinski definition) is 1. The van der Waals surface area contributed by atoms with Gasteiger partial charge in [-0.05, 0) is 44.4 Å². The predicted molar refractivity (Wildman–Crippen MR) is 72.0 cm³/mol. The van der Waals surface area contributed by atoms with Crippen molar-refractivity contribution >= 4 is 0 Å². The highest BCUT2D eigenvalue weighted by Crippen LogP contribution is 2.38. The van der Waals surface area contributed by atoms with Crippen molar-refractivity contribution in [1.82, 2.24) is 0 Å². The maximum absolute atomic E-state index is 6.39. The summed E-state index contributed by atoms with van der Waals surface area (Å²) in [5.41, 5.74) is 6.05. The molecule has 0 unspecified atom stereocenters. The molecular weight excluding hydrogens is 210 g/mol. The van der Waals surface area contributed by atoms with E-state index in [0.29, 0.717) is 6.10 Å². The van der Waals surface area contributed by atoms with E-state index in [2.05, 4.69) is 6.92 Å². The molecule has 2 heteroatoms. The highest BCUT2D eigenvalue weighted by molar-refractivity contribution is 4.90. The summed E-state index contributed by atoms with van der Waals surface area (Å²) in [5.74, 6) is 0.937. The van der Waals surface area contributed by atoms with Crippen LogP contribution in [0.5, 0.6) is 0 Å². The van der Waals surface area contributed by atoms with Gasteiger partial charge in [0.05, 0.1) is 11.7 Å². The number of ether oxygens (including phenoxy) is 1. The van der Waals surface area contributed by atoms with E-state index >= 15 is 0 Å². The van der Waals surface area contributed by atoms with Crippen molar-refractivity contribution in [3.8, 4) is 0 Å². The molecule has 0 aromatic heterocycles. The van der Waals surface area contributed by atoms with Gasteiger partial charge in [0.15, 0.2) is 0 Å². The van der Waals surface area contributed by atoms with Crippen molar-refractivity contribution in [2.24, 2.45) is 11.7 Å². The molecular formula is C15H29NO. The summed E-state index contributed by atoms with van der Waals surface area (Å²) in [6, 6.07) is 0. The number of nitrogens with two attached hydrogens (primary N) is 1. The standard InChI is InChI=1S/C15H29NO/c1-2-5-13-8-10-15(12-16,11-9-13)17-14-6-3-4-7-14/h13-14H,2-12,16H2,1H3. The molecule has 17 heavy (non-hydrogen) atoms. The molecule has 0 aromatic rings. The van der Waals surface area contributed by atoms with Gasteiger partial charge in [0.2, 0.25) is 0 Å². The lowest BCUT2D eigenvalue weighted by atomic mass is 9.77. The quantitative estimate of drug-likeness (QED) is 0.795. The first-order chi connectivity index (χ1) is 8.28. The summed E-state index contributed by atoms with van der Waals surface area (Å²) in [7, 11) is 0. The zero-order chi connectivity index (χ0) is 12.1. The number of rotatable bonds is 5. The molecule has 0 radical (unpaired) electrons. The lowest BCUT2D eigenvalue weighted by Crippen LogP contribution is -2.46. The molecule has 0 aromatic carbocycles. The number of hydrogen-bond acceptors (Lipinski definition) is 2. The molecule has 2 nitrogen and oxygen atoms in total. The largest absolute Gasteiger partial charge is 0.370 e. The molecule has 2 saturated carbocycles. The van der Waals surface area contributed by atoms with E-state index < -0.39 is 0 Å². The SMILES string of the molecule is CCCC1CCC(CN)(OC2CCCC2)CC1. The third kappa shape index (κ3) is 3.45. The molecule has 2 rings (SSSR count). The average molecular weight is 239 g/mol. The first kappa shape index (κ1) is 13.4. The van der Waals surface area contributed by atoms with E-state index in [1.54, 1.807) is 0 Å². The van der Waals surface area contributed by atoms with Crippen LogP contribution in [0.2, 0.25) is 0 Å². The average Bonchev–Trinajstić information content (AvgIpc) is 2.85. The normalized spacial score (nSPS) is 35.3. The van der Waals surface area contributed by atoms with E-state index in [9.17, 15) is 0 Å². The Morgan fingerprint density at radius 1 is 1.12 bits per heavy atom. The van der Waals surface area contributed by atoms with Gasteiger partial charge >= 0.3 is 0 Å². The summed E-state index contributed by atoms with van der Waals surface area (Å²) in [5, 5.41) is 0. The van der Waals surface area contributed by atoms with Crippen LogP contribution in [0.1, 0.15) is 71.1 Å². The molecule has 0 saturated heterocycles. The molecule has 2 aliphatic carbocycles. The third-order valence-electron chi connectivity index (χ3n) is 4.80. The Hall–Kier alpha value is -0.0800. The van der Waals surface area contributed by atoms with E-state index in [4.69, 9.17) is 10.5 Å². The van der Waals surface area contributed by atoms with Crippen molar-refractivity contribution in [3.05, 3.63) is 0 Å². The van der Waals surface area contributed by atoms with E-state index in [0.717, 1.165) is 12.5 Å². The van der Waals surface area contributed by atoms with Crippen molar-refractivity contribution in [1.29, 1.82) is 0 Å². The van der Waals surface area contributed by atoms with E-state index in [1.165, 1.54) is 64.2 Å². The van der Waals surface area contributed by atoms with Crippen LogP contribution in [0.15, 0.2) is 0 Å². The Morgan fingerprint density at radius 2 is 1.76 bits per heavy atom. The monoisotopic (exact) mass is 239 g/mol. The van der Waals surface area contributed by atoms with Crippen LogP contribution in [0.4, 0.5) is 0 Å². The van der Waals surface area contributed by atoms with E-state index in [-0.39, 0.29) is 5.60 Å². The highest BCUT2D eigenvalue weighted by Gasteiger charge is 2.37. The van der Waals surface area contributed by atoms with Crippen LogP contribution in [0, 0.1) is 5.92 Å². The first-order valence-electron chi connectivity index (χ1n) is 7.66. The zero-order valence-electron chi connectivity index (χ0n) is 11.4. The summed E-state index contributed by atoms with van der Waals surface area (Å²) in [6.45, 7) is 3.02. The molecule has 2 N–H and O–H groups in total. The Kier molecular flexibility index (Phi) is 4.87. The Balaban J connectivity index is 1.83. The summed E-state index contributed by atoms with van der Waals surface area (Å²) < 4.78 is 6.39. The molecule has 2 fully saturated rings. The maximum Gasteiger partial charge on any atom is 0.0808 e. The van der Waals surface area contributed by atoms with Crippen molar-refractivity contribution < 1.29 is 4.74 Å². The molecule has 0 aliphatic heterocycles. The molecule has 0 atom stereocenters. The third-order valence-corrected chi connectivity index (χ3v) is 4.80. The second-order valence-electron chi connectivity index (χ2n) is 6.14. The topological polar surface area (TPSA) is 35.2 Å². The summed E-state index contributed by atoms with van der Waals surface area (Å²) in [6.07, 6.45) is 13.5. The maximum atomic E-state index is 6.39. The summed E-state index contributed by atoms with van der Waals surface area (Å²) in [4.78, 5) is 0. The summed E-state index contributed by atoms with van der Waals surface area (Å²) >= 11 is 0. The fourth-order valence-electron chi connectivity index (χ4n) is 3.63. The molecule has 0 spiro atoms. The minimum atomic E-state index is 0.0409. The van der Waals surface area contributed by atoms with Gasteiger partial charge in [-0.15, -0.1) is 0 Å². The Bertz CT molecular complexity index is 215. The second kappa shape index (κ2) is 6.19. The minimum absolute atomic E-state index is 0.0409. The smallest absolute Gasteiger partial charge is 0.0808 e. The van der Waals surface area contributed by atoms with Crippen molar-refractivity contribution in [2.45, 2.75) is 82.8 Å². The molecule has 0 amide bonds. The van der Waals surface area contributed by atoms with E-state index in [1.807, 2.05) is 0 Å². The van der Waals surface area contributed by atoms with Gasteiger partial charge in [-0.2, -0.15) is 0 Å². The van der Waals surface area contributed by atoms with Crippen molar-refractivity contribution in [2.75, 3.05) is 6.54 Å². The lowest BCUT2D eigenvalue weighted by Gasteiger charge is -2.41. The molecule has 2 aliphatic rings. The zero-order valence-corrected chi connectivity index (χ0v) is 11.4. The fourth-order valence-corrected chi connectivity index (χ4v) is 3.63. The van der Waals surface area contributed by atoms with Gasteiger partial charge < -0.3 is 10.5 Å². The van der Waals surface area contributed by atoms with Gasteiger partial charge in [-0.25, -0.2) is 0 Å². The van der Waals surface area contributed by atoms with Gasteiger partial charge in [-0.3, -0.25) is 0 Å². The van der Waals surface area contributed by atoms with Gasteiger partial charge in [-0.1, -0.05) is 32.6 Å². The van der Waals surface area contributed by atoms with Gasteiger partial charge in [0.25, 0.3) is 0 Å². The Labute approximate surface area is 106 Å². The fraction of sp³-hybridized carbons (Fsp3) is 1.00. The molecule has 100 valence electrons. The van der Waals surface area contributed by atoms with Crippen LogP contribution in [0.25, 0.3) is 0 Å². The Morgan fingerprint density at radius 3 is 2.29 bits per heavy atom. The van der Waals surface area contributed by atoms with Crippen LogP contribution in [-0.4, -0.2) is 18.2 Å². The first-order valence-corrected chi connectivity index (χ1v) is 7.66. The van der Waals surface area contributed by atoms with Crippen LogP contribution < -0.4 is 5.73 Å². The van der Waals surface area contributed by atoms with Crippen LogP contribution >= 0.6 is 0 Å². The van der Waals surface area contributed by atoms with Crippen LogP contribution in [0.3, 0.4) is 0 Å². The predicted octanol–water partition coefficient (Wildman–Crippen LogP) is 3.63.